The van der Waals surface area contributed by atoms with Gasteiger partial charge in [-0.2, -0.15) is 0 Å². The monoisotopic (exact) mass is 359 g/mol. The third-order valence-corrected chi connectivity index (χ3v) is 3.94. The molecule has 9 heteroatoms. The normalized spacial score (nSPS) is 13.7. The molecular weight excluding hydrogens is 342 g/mol. The van der Waals surface area contributed by atoms with Gasteiger partial charge in [-0.25, -0.2) is 0 Å². The van der Waals surface area contributed by atoms with Crippen molar-refractivity contribution >= 4 is 11.6 Å². The van der Waals surface area contributed by atoms with Crippen LogP contribution < -0.4 is 20.3 Å². The highest BCUT2D eigenvalue weighted by Gasteiger charge is 2.17. The van der Waals surface area contributed by atoms with Gasteiger partial charge in [-0.3, -0.25) is 24.3 Å². The van der Waals surface area contributed by atoms with Crippen molar-refractivity contribution in [1.29, 1.82) is 0 Å². The van der Waals surface area contributed by atoms with Crippen LogP contribution in [0.25, 0.3) is 0 Å². The fourth-order valence-corrected chi connectivity index (χ4v) is 2.60. The van der Waals surface area contributed by atoms with Crippen molar-refractivity contribution in [2.24, 2.45) is 0 Å². The minimum absolute atomic E-state index is 0.253. The second kappa shape index (κ2) is 7.26. The van der Waals surface area contributed by atoms with Crippen LogP contribution in [0.3, 0.4) is 0 Å². The summed E-state index contributed by atoms with van der Waals surface area (Å²) in [4.78, 5) is 34.2. The number of nitro groups is 1. The zero-order chi connectivity index (χ0) is 18.7. The van der Waals surface area contributed by atoms with Crippen LogP contribution in [-0.2, 0) is 11.3 Å². The first kappa shape index (κ1) is 17.5. The maximum Gasteiger partial charge on any atom is 0.285 e. The van der Waals surface area contributed by atoms with Crippen LogP contribution in [0.2, 0.25) is 0 Å². The second-order valence-corrected chi connectivity index (χ2v) is 5.80. The van der Waals surface area contributed by atoms with E-state index in [0.717, 1.165) is 28.5 Å². The van der Waals surface area contributed by atoms with Crippen molar-refractivity contribution in [3.8, 4) is 11.5 Å². The topological polar surface area (TPSA) is 113 Å². The molecule has 9 nitrogen and oxygen atoms in total. The molecule has 1 aliphatic rings. The number of hydrogen-bond acceptors (Lipinski definition) is 6. The average Bonchev–Trinajstić information content (AvgIpc) is 2.62. The summed E-state index contributed by atoms with van der Waals surface area (Å²) in [5.41, 5.74) is 0.0732. The number of hydrogen-bond donors (Lipinski definition) is 1. The van der Waals surface area contributed by atoms with Gasteiger partial charge in [0.15, 0.2) is 11.5 Å². The van der Waals surface area contributed by atoms with Gasteiger partial charge in [0.05, 0.1) is 17.2 Å². The fourth-order valence-electron chi connectivity index (χ4n) is 2.60. The molecule has 2 heterocycles. The molecule has 0 bridgehead atoms. The van der Waals surface area contributed by atoms with E-state index in [0.29, 0.717) is 24.7 Å². The van der Waals surface area contributed by atoms with E-state index >= 15 is 0 Å². The Bertz CT molecular complexity index is 908. The number of nitrogens with zero attached hydrogens (tertiary/aromatic N) is 2. The fraction of sp³-hybridized carbons (Fsp3) is 0.294. The molecule has 26 heavy (non-hydrogen) atoms. The minimum atomic E-state index is -0.619. The Morgan fingerprint density at radius 2 is 2.00 bits per heavy atom. The Kier molecular flexibility index (Phi) is 4.87. The maximum atomic E-state index is 12.2. The van der Waals surface area contributed by atoms with Gasteiger partial charge in [-0.05, 0) is 24.6 Å². The first-order valence-electron chi connectivity index (χ1n) is 7.98. The number of fused-ring (bicyclic) bond motifs is 1. The van der Waals surface area contributed by atoms with Crippen molar-refractivity contribution in [3.05, 3.63) is 62.6 Å². The first-order chi connectivity index (χ1) is 12.4. The van der Waals surface area contributed by atoms with Crippen LogP contribution in [0.15, 0.2) is 41.3 Å². The van der Waals surface area contributed by atoms with E-state index in [4.69, 9.17) is 9.47 Å². The minimum Gasteiger partial charge on any atom is -0.486 e. The van der Waals surface area contributed by atoms with Crippen molar-refractivity contribution < 1.29 is 19.2 Å². The summed E-state index contributed by atoms with van der Waals surface area (Å²) < 4.78 is 12.0. The second-order valence-electron chi connectivity index (χ2n) is 5.80. The Balaban J connectivity index is 1.69. The lowest BCUT2D eigenvalue weighted by molar-refractivity contribution is -0.385. The standard InChI is InChI=1S/C17H17N3O6/c1-11(12-2-4-14-15(8-12)26-7-6-25-14)18-16(21)10-19-9-13(20(23)24)3-5-17(19)22/h2-5,8-9,11H,6-7,10H2,1H3,(H,18,21)/t11-/m0/s1. The molecule has 3 rings (SSSR count). The van der Waals surface area contributed by atoms with Crippen molar-refractivity contribution in [3.63, 3.8) is 0 Å². The third-order valence-electron chi connectivity index (χ3n) is 3.94. The van der Waals surface area contributed by atoms with Crippen LogP contribution in [0.5, 0.6) is 11.5 Å². The molecule has 1 atom stereocenters. The predicted molar refractivity (Wildman–Crippen MR) is 91.3 cm³/mol. The number of nitrogens with one attached hydrogen (secondary N) is 1. The van der Waals surface area contributed by atoms with E-state index < -0.39 is 16.4 Å². The van der Waals surface area contributed by atoms with Crippen LogP contribution >= 0.6 is 0 Å². The van der Waals surface area contributed by atoms with E-state index in [1.54, 1.807) is 19.1 Å². The lowest BCUT2D eigenvalue weighted by atomic mass is 10.1. The van der Waals surface area contributed by atoms with Gasteiger partial charge in [-0.1, -0.05) is 6.07 Å². The largest absolute Gasteiger partial charge is 0.486 e. The SMILES string of the molecule is C[C@H](NC(=O)Cn1cc([N+](=O)[O-])ccc1=O)c1ccc2c(c1)OCCO2. The molecule has 1 aromatic carbocycles. The highest BCUT2D eigenvalue weighted by molar-refractivity contribution is 5.76. The highest BCUT2D eigenvalue weighted by Crippen LogP contribution is 2.32. The Labute approximate surface area is 148 Å². The molecule has 136 valence electrons. The van der Waals surface area contributed by atoms with Crippen molar-refractivity contribution in [2.45, 2.75) is 19.5 Å². The smallest absolute Gasteiger partial charge is 0.285 e. The molecule has 0 radical (unpaired) electrons. The van der Waals surface area contributed by atoms with Gasteiger partial charge in [0, 0.05) is 12.1 Å². The van der Waals surface area contributed by atoms with Crippen LogP contribution in [0, 0.1) is 10.1 Å². The number of carbonyl (C=O) groups is 1. The maximum absolute atomic E-state index is 12.2. The molecule has 1 N–H and O–H groups in total. The lowest BCUT2D eigenvalue weighted by Crippen LogP contribution is -2.33. The summed E-state index contributed by atoms with van der Waals surface area (Å²) in [5.74, 6) is 0.835. The quantitative estimate of drug-likeness (QED) is 0.638. The van der Waals surface area contributed by atoms with E-state index in [-0.39, 0.29) is 18.3 Å². The molecular formula is C17H17N3O6. The van der Waals surface area contributed by atoms with Crippen LogP contribution in [0.1, 0.15) is 18.5 Å². The number of aromatic nitrogens is 1. The Morgan fingerprint density at radius 3 is 2.73 bits per heavy atom. The molecule has 1 aromatic heterocycles. The number of ether oxygens (including phenoxy) is 2. The number of amides is 1. The summed E-state index contributed by atoms with van der Waals surface area (Å²) in [7, 11) is 0. The molecule has 1 aliphatic heterocycles. The first-order valence-corrected chi connectivity index (χ1v) is 7.98. The molecule has 2 aromatic rings. The number of pyridine rings is 1. The summed E-state index contributed by atoms with van der Waals surface area (Å²) >= 11 is 0. The molecule has 0 unspecified atom stereocenters. The zero-order valence-corrected chi connectivity index (χ0v) is 14.0. The molecule has 0 fully saturated rings. The number of carbonyl (C=O) groups excluding carboxylic acids is 1. The van der Waals surface area contributed by atoms with Gasteiger partial charge in [0.2, 0.25) is 5.91 Å². The van der Waals surface area contributed by atoms with Gasteiger partial charge in [-0.15, -0.1) is 0 Å². The molecule has 0 saturated carbocycles. The lowest BCUT2D eigenvalue weighted by Gasteiger charge is -2.21. The number of benzene rings is 1. The Morgan fingerprint density at radius 1 is 1.27 bits per heavy atom. The summed E-state index contributed by atoms with van der Waals surface area (Å²) in [6.45, 7) is 2.44. The van der Waals surface area contributed by atoms with Gasteiger partial charge < -0.3 is 14.8 Å². The Hall–Kier alpha value is -3.36. The van der Waals surface area contributed by atoms with E-state index in [1.165, 1.54) is 0 Å². The van der Waals surface area contributed by atoms with E-state index in [1.807, 2.05) is 6.07 Å². The van der Waals surface area contributed by atoms with E-state index in [9.17, 15) is 19.7 Å². The van der Waals surface area contributed by atoms with Crippen LogP contribution in [-0.4, -0.2) is 28.6 Å². The highest BCUT2D eigenvalue weighted by atomic mass is 16.6. The summed E-state index contributed by atoms with van der Waals surface area (Å²) in [5, 5.41) is 13.6. The van der Waals surface area contributed by atoms with Gasteiger partial charge in [0.25, 0.3) is 11.2 Å². The van der Waals surface area contributed by atoms with Gasteiger partial charge in [0.1, 0.15) is 19.8 Å². The van der Waals surface area contributed by atoms with Crippen LogP contribution in [0.4, 0.5) is 5.69 Å². The zero-order valence-electron chi connectivity index (χ0n) is 14.0. The van der Waals surface area contributed by atoms with Crippen molar-refractivity contribution in [2.75, 3.05) is 13.2 Å². The molecule has 1 amide bonds. The molecule has 0 spiro atoms. The average molecular weight is 359 g/mol. The summed E-state index contributed by atoms with van der Waals surface area (Å²) in [6, 6.07) is 7.21. The number of rotatable bonds is 5. The van der Waals surface area contributed by atoms with E-state index in [2.05, 4.69) is 5.32 Å². The van der Waals surface area contributed by atoms with Crippen molar-refractivity contribution in [1.82, 2.24) is 9.88 Å². The summed E-state index contributed by atoms with van der Waals surface area (Å²) in [6.07, 6.45) is 1.05. The predicted octanol–water partition coefficient (Wildman–Crippen LogP) is 1.41. The molecule has 0 saturated heterocycles. The van der Waals surface area contributed by atoms with Gasteiger partial charge >= 0.3 is 0 Å². The molecule has 0 aliphatic carbocycles. The third kappa shape index (κ3) is 3.82.